The van der Waals surface area contributed by atoms with Gasteiger partial charge < -0.3 is 10.0 Å². The zero-order valence-corrected chi connectivity index (χ0v) is 11.5. The maximum Gasteiger partial charge on any atom is 0.132 e. The number of halogens is 1. The van der Waals surface area contributed by atoms with E-state index in [0.717, 1.165) is 12.8 Å². The van der Waals surface area contributed by atoms with E-state index in [-0.39, 0.29) is 12.6 Å². The van der Waals surface area contributed by atoms with E-state index in [1.807, 2.05) is 4.90 Å². The van der Waals surface area contributed by atoms with E-state index in [4.69, 9.17) is 22.0 Å². The quantitative estimate of drug-likeness (QED) is 0.805. The predicted molar refractivity (Wildman–Crippen MR) is 72.8 cm³/mol. The first-order valence-electron chi connectivity index (χ1n) is 6.11. The molecule has 0 aromatic carbocycles. The molecule has 0 amide bonds. The third-order valence-electron chi connectivity index (χ3n) is 2.93. The number of hydrogen-bond donors (Lipinski definition) is 1. The second kappa shape index (κ2) is 7.20. The van der Waals surface area contributed by atoms with Crippen LogP contribution >= 0.6 is 11.6 Å². The zero-order chi connectivity index (χ0) is 13.5. The molecule has 0 bridgehead atoms. The second-order valence-corrected chi connectivity index (χ2v) is 4.42. The topological polar surface area (TPSA) is 60.1 Å². The van der Waals surface area contributed by atoms with Crippen molar-refractivity contribution >= 4 is 17.4 Å². The average molecular weight is 268 g/mol. The summed E-state index contributed by atoms with van der Waals surface area (Å²) in [4.78, 5) is 6.25. The van der Waals surface area contributed by atoms with Gasteiger partial charge in [-0.25, -0.2) is 4.98 Å². The number of aromatic nitrogens is 1. The second-order valence-electron chi connectivity index (χ2n) is 4.04. The monoisotopic (exact) mass is 267 g/mol. The number of aliphatic hydroxyl groups is 1. The zero-order valence-electron chi connectivity index (χ0n) is 10.7. The average Bonchev–Trinajstić information content (AvgIpc) is 2.38. The summed E-state index contributed by atoms with van der Waals surface area (Å²) in [5.41, 5.74) is 0.485. The van der Waals surface area contributed by atoms with E-state index in [1.165, 1.54) is 6.07 Å². The lowest BCUT2D eigenvalue weighted by molar-refractivity contribution is 0.295. The van der Waals surface area contributed by atoms with E-state index in [2.05, 4.69) is 24.9 Å². The predicted octanol–water partition coefficient (Wildman–Crippen LogP) is 2.59. The summed E-state index contributed by atoms with van der Waals surface area (Å²) in [5, 5.41) is 18.4. The highest BCUT2D eigenvalue weighted by Gasteiger charge is 2.17. The van der Waals surface area contributed by atoms with Gasteiger partial charge in [0.1, 0.15) is 11.0 Å². The minimum atomic E-state index is 0.0482. The molecular weight excluding hydrogens is 250 g/mol. The van der Waals surface area contributed by atoms with E-state index >= 15 is 0 Å². The number of pyridine rings is 1. The van der Waals surface area contributed by atoms with Crippen molar-refractivity contribution in [1.82, 2.24) is 4.98 Å². The lowest BCUT2D eigenvalue weighted by Crippen LogP contribution is -2.37. The molecule has 0 saturated heterocycles. The molecule has 0 aliphatic rings. The van der Waals surface area contributed by atoms with Crippen LogP contribution in [0, 0.1) is 11.3 Å². The lowest BCUT2D eigenvalue weighted by atomic mass is 10.1. The van der Waals surface area contributed by atoms with Gasteiger partial charge in [0.2, 0.25) is 0 Å². The van der Waals surface area contributed by atoms with Crippen LogP contribution < -0.4 is 4.90 Å². The van der Waals surface area contributed by atoms with Gasteiger partial charge in [-0.05, 0) is 25.0 Å². The summed E-state index contributed by atoms with van der Waals surface area (Å²) >= 11 is 5.91. The van der Waals surface area contributed by atoms with Gasteiger partial charge in [-0.15, -0.1) is 0 Å². The highest BCUT2D eigenvalue weighted by Crippen LogP contribution is 2.22. The molecule has 0 radical (unpaired) electrons. The molecular formula is C13H18ClN3O. The highest BCUT2D eigenvalue weighted by molar-refractivity contribution is 6.29. The van der Waals surface area contributed by atoms with E-state index < -0.39 is 0 Å². The van der Waals surface area contributed by atoms with Crippen molar-refractivity contribution in [2.75, 3.05) is 18.1 Å². The summed E-state index contributed by atoms with van der Waals surface area (Å²) in [6.07, 6.45) is 1.90. The summed E-state index contributed by atoms with van der Waals surface area (Å²) in [6, 6.07) is 5.60. The van der Waals surface area contributed by atoms with Crippen LogP contribution in [0.3, 0.4) is 0 Å². The van der Waals surface area contributed by atoms with Crippen LogP contribution in [-0.4, -0.2) is 29.3 Å². The van der Waals surface area contributed by atoms with Gasteiger partial charge in [0, 0.05) is 12.6 Å². The first-order chi connectivity index (χ1) is 8.65. The Morgan fingerprint density at radius 1 is 1.44 bits per heavy atom. The number of hydrogen-bond acceptors (Lipinski definition) is 4. The van der Waals surface area contributed by atoms with Crippen LogP contribution in [0.2, 0.25) is 5.15 Å². The summed E-state index contributed by atoms with van der Waals surface area (Å²) in [5.74, 6) is 0.654. The maximum absolute atomic E-state index is 9.17. The Kier molecular flexibility index (Phi) is 5.90. The Labute approximate surface area is 113 Å². The molecule has 1 aromatic heterocycles. The molecule has 0 spiro atoms. The normalized spacial score (nSPS) is 10.4. The molecule has 0 unspecified atom stereocenters. The first kappa shape index (κ1) is 14.7. The fourth-order valence-corrected chi connectivity index (χ4v) is 2.22. The third-order valence-corrected chi connectivity index (χ3v) is 3.12. The van der Waals surface area contributed by atoms with Gasteiger partial charge in [0.05, 0.1) is 18.2 Å². The van der Waals surface area contributed by atoms with Crippen LogP contribution in [0.5, 0.6) is 0 Å². The highest BCUT2D eigenvalue weighted by atomic mass is 35.5. The number of aliphatic hydroxyl groups excluding tert-OH is 1. The molecule has 4 nitrogen and oxygen atoms in total. The molecule has 0 atom stereocenters. The molecule has 1 aromatic rings. The molecule has 0 saturated carbocycles. The Morgan fingerprint density at radius 2 is 2.11 bits per heavy atom. The largest absolute Gasteiger partial charge is 0.395 e. The van der Waals surface area contributed by atoms with Crippen molar-refractivity contribution in [1.29, 1.82) is 5.26 Å². The fourth-order valence-electron chi connectivity index (χ4n) is 2.02. The minimum absolute atomic E-state index is 0.0482. The van der Waals surface area contributed by atoms with Crippen molar-refractivity contribution in [2.24, 2.45) is 0 Å². The van der Waals surface area contributed by atoms with Crippen molar-refractivity contribution in [3.63, 3.8) is 0 Å². The van der Waals surface area contributed by atoms with E-state index in [9.17, 15) is 0 Å². The van der Waals surface area contributed by atoms with Gasteiger partial charge in [-0.3, -0.25) is 0 Å². The van der Waals surface area contributed by atoms with Crippen molar-refractivity contribution in [3.05, 3.63) is 22.8 Å². The van der Waals surface area contributed by atoms with Gasteiger partial charge in [0.15, 0.2) is 0 Å². The minimum Gasteiger partial charge on any atom is -0.395 e. The number of nitrogens with zero attached hydrogens (tertiary/aromatic N) is 3. The molecule has 98 valence electrons. The molecule has 18 heavy (non-hydrogen) atoms. The maximum atomic E-state index is 9.17. The molecule has 0 aliphatic heterocycles. The van der Waals surface area contributed by atoms with Gasteiger partial charge in [-0.2, -0.15) is 5.26 Å². The van der Waals surface area contributed by atoms with E-state index in [1.54, 1.807) is 6.07 Å². The lowest BCUT2D eigenvalue weighted by Gasteiger charge is -2.31. The van der Waals surface area contributed by atoms with Gasteiger partial charge in [-0.1, -0.05) is 25.4 Å². The van der Waals surface area contributed by atoms with Crippen LogP contribution in [0.1, 0.15) is 32.3 Å². The SMILES string of the molecule is CCC(CC)N(CCO)c1cc(C#N)cc(Cl)n1. The summed E-state index contributed by atoms with van der Waals surface area (Å²) in [6.45, 7) is 4.72. The number of anilines is 1. The Balaban J connectivity index is 3.12. The van der Waals surface area contributed by atoms with E-state index in [0.29, 0.717) is 23.1 Å². The molecule has 1 rings (SSSR count). The Hall–Kier alpha value is -1.31. The van der Waals surface area contributed by atoms with Gasteiger partial charge >= 0.3 is 0 Å². The van der Waals surface area contributed by atoms with Crippen molar-refractivity contribution in [2.45, 2.75) is 32.7 Å². The van der Waals surface area contributed by atoms with Crippen LogP contribution in [-0.2, 0) is 0 Å². The standard InChI is InChI=1S/C13H18ClN3O/c1-3-11(4-2)17(5-6-18)13-8-10(9-15)7-12(14)16-13/h7-8,11,18H,3-6H2,1-2H3. The Bertz CT molecular complexity index is 427. The first-order valence-corrected chi connectivity index (χ1v) is 6.49. The molecule has 1 heterocycles. The fraction of sp³-hybridized carbons (Fsp3) is 0.538. The Morgan fingerprint density at radius 3 is 2.61 bits per heavy atom. The van der Waals surface area contributed by atoms with Crippen molar-refractivity contribution in [3.8, 4) is 6.07 Å². The van der Waals surface area contributed by atoms with Gasteiger partial charge in [0.25, 0.3) is 0 Å². The summed E-state index contributed by atoms with van der Waals surface area (Å²) < 4.78 is 0. The number of rotatable bonds is 6. The smallest absolute Gasteiger partial charge is 0.132 e. The molecule has 0 fully saturated rings. The van der Waals surface area contributed by atoms with Crippen LogP contribution in [0.25, 0.3) is 0 Å². The molecule has 0 aliphatic carbocycles. The van der Waals surface area contributed by atoms with Crippen molar-refractivity contribution < 1.29 is 5.11 Å². The van der Waals surface area contributed by atoms with Crippen LogP contribution in [0.4, 0.5) is 5.82 Å². The number of nitriles is 1. The van der Waals surface area contributed by atoms with Crippen LogP contribution in [0.15, 0.2) is 12.1 Å². The molecule has 1 N–H and O–H groups in total. The molecule has 5 heteroatoms. The third kappa shape index (κ3) is 3.59. The summed E-state index contributed by atoms with van der Waals surface area (Å²) in [7, 11) is 0.